The van der Waals surface area contributed by atoms with E-state index in [4.69, 9.17) is 28.4 Å². The van der Waals surface area contributed by atoms with E-state index in [1.807, 2.05) is 24.3 Å². The number of nitrogens with one attached hydrogen (secondary N) is 2. The molecule has 4 heterocycles. The van der Waals surface area contributed by atoms with E-state index in [2.05, 4.69) is 19.2 Å². The van der Waals surface area contributed by atoms with Gasteiger partial charge in [-0.3, -0.25) is 0 Å². The van der Waals surface area contributed by atoms with Gasteiger partial charge >= 0.3 is 12.4 Å². The number of piperidine rings is 2. The fourth-order valence-corrected chi connectivity index (χ4v) is 14.1. The number of halogens is 6. The highest BCUT2D eigenvalue weighted by Crippen LogP contribution is 2.40. The van der Waals surface area contributed by atoms with Crippen molar-refractivity contribution in [3.63, 3.8) is 0 Å². The zero-order valence-electron chi connectivity index (χ0n) is 42.2. The molecule has 0 amide bonds. The predicted molar refractivity (Wildman–Crippen MR) is 271 cm³/mol. The molecule has 0 unspecified atom stereocenters. The number of nitrogens with zero attached hydrogens (tertiary/aromatic N) is 2. The monoisotopic (exact) mass is 1110 g/mol. The number of para-hydroxylation sites is 2. The Morgan fingerprint density at radius 3 is 1.16 bits per heavy atom. The van der Waals surface area contributed by atoms with Gasteiger partial charge in [0.2, 0.25) is 20.0 Å². The Labute approximate surface area is 440 Å². The zero-order valence-corrected chi connectivity index (χ0v) is 43.8. The molecule has 22 heteroatoms. The Hall–Kier alpha value is -5.00. The van der Waals surface area contributed by atoms with Crippen molar-refractivity contribution in [1.82, 2.24) is 19.2 Å². The number of benzene rings is 4. The third-order valence-electron chi connectivity index (χ3n) is 15.3. The summed E-state index contributed by atoms with van der Waals surface area (Å²) in [7, 11) is -7.35. The second-order valence-electron chi connectivity index (χ2n) is 20.4. The first-order valence-electron chi connectivity index (χ1n) is 26.2. The Bertz CT molecular complexity index is 2600. The summed E-state index contributed by atoms with van der Waals surface area (Å²) in [5, 5.41) is 0. The van der Waals surface area contributed by atoms with Crippen molar-refractivity contribution < 1.29 is 71.6 Å². The molecule has 2 aliphatic carbocycles. The Morgan fingerprint density at radius 2 is 0.803 bits per heavy atom. The summed E-state index contributed by atoms with van der Waals surface area (Å²) < 4.78 is 166. The van der Waals surface area contributed by atoms with Gasteiger partial charge in [-0.2, -0.15) is 26.3 Å². The molecule has 0 bridgehead atoms. The van der Waals surface area contributed by atoms with Crippen molar-refractivity contribution >= 4 is 20.0 Å². The molecule has 14 nitrogen and oxygen atoms in total. The van der Waals surface area contributed by atoms with E-state index in [9.17, 15) is 43.2 Å². The van der Waals surface area contributed by atoms with Gasteiger partial charge in [0, 0.05) is 36.3 Å². The van der Waals surface area contributed by atoms with E-state index in [-0.39, 0.29) is 33.7 Å². The number of likely N-dealkylation sites (tertiary alicyclic amines) is 2. The van der Waals surface area contributed by atoms with Crippen LogP contribution in [-0.4, -0.2) is 129 Å². The third-order valence-corrected chi connectivity index (χ3v) is 18.3. The number of fused-ring (bicyclic) bond motifs is 2. The lowest BCUT2D eigenvalue weighted by Crippen LogP contribution is -2.46. The first kappa shape index (κ1) is 55.7. The van der Waals surface area contributed by atoms with Crippen LogP contribution in [0.15, 0.2) is 94.7 Å². The minimum atomic E-state index is -4.37. The molecule has 76 heavy (non-hydrogen) atoms. The van der Waals surface area contributed by atoms with Gasteiger partial charge in [-0.25, -0.2) is 26.3 Å². The van der Waals surface area contributed by atoms with Gasteiger partial charge in [0.25, 0.3) is 0 Å². The summed E-state index contributed by atoms with van der Waals surface area (Å²) in [6.45, 7) is 2.53. The number of rotatable bonds is 14. The molecule has 4 fully saturated rings. The lowest BCUT2D eigenvalue weighted by molar-refractivity contribution is -0.154. The van der Waals surface area contributed by atoms with Crippen LogP contribution in [0.4, 0.5) is 26.3 Å². The fourth-order valence-electron chi connectivity index (χ4n) is 11.4. The highest BCUT2D eigenvalue weighted by atomic mass is 32.2. The van der Waals surface area contributed by atoms with Crippen molar-refractivity contribution in [2.45, 2.75) is 135 Å². The van der Waals surface area contributed by atoms with Crippen LogP contribution in [0, 0.1) is 0 Å². The highest BCUT2D eigenvalue weighted by Gasteiger charge is 2.36. The molecule has 2 saturated heterocycles. The van der Waals surface area contributed by atoms with E-state index < -0.39 is 45.6 Å². The van der Waals surface area contributed by atoms with Gasteiger partial charge < -0.3 is 38.2 Å². The summed E-state index contributed by atoms with van der Waals surface area (Å²) in [4.78, 5) is 5.23. The molecule has 2 N–H and O–H groups in total. The van der Waals surface area contributed by atoms with E-state index in [0.717, 1.165) is 114 Å². The molecular weight excluding hydrogens is 1040 g/mol. The van der Waals surface area contributed by atoms with E-state index >= 15 is 0 Å². The largest absolute Gasteiger partial charge is 0.486 e. The number of hydrogen-bond donors (Lipinski definition) is 2. The van der Waals surface area contributed by atoms with Crippen LogP contribution in [0.25, 0.3) is 0 Å². The number of hydrogen-bond acceptors (Lipinski definition) is 12. The van der Waals surface area contributed by atoms with Crippen molar-refractivity contribution in [2.24, 2.45) is 0 Å². The SMILES string of the molecule is O=S(=O)(NC1CCC(N2CCC(c3ccccc3OCC(F)(F)F)CC2)CC1)c1ccc2c(c1)OCCO2.O=S(=O)(NC1CCC(N2CCC(c3ccccc3OCC(F)(F)F)CC2)CC1)c1ccc2c(c1)OCCO2. The number of ether oxygens (including phenoxy) is 6. The van der Waals surface area contributed by atoms with Gasteiger partial charge in [0.15, 0.2) is 36.2 Å². The fraction of sp³-hybridized carbons (Fsp3) is 0.556. The second-order valence-corrected chi connectivity index (χ2v) is 23.8. The molecule has 0 spiro atoms. The summed E-state index contributed by atoms with van der Waals surface area (Å²) in [5.41, 5.74) is 1.68. The van der Waals surface area contributed by atoms with E-state index in [1.165, 1.54) is 24.3 Å². The molecule has 0 radical (unpaired) electrons. The van der Waals surface area contributed by atoms with Crippen molar-refractivity contribution in [3.05, 3.63) is 96.1 Å². The van der Waals surface area contributed by atoms with Crippen LogP contribution in [-0.2, 0) is 20.0 Å². The molecule has 4 aliphatic heterocycles. The molecular formula is C54H66F6N4O10S2. The Balaban J connectivity index is 0.000000186. The van der Waals surface area contributed by atoms with Crippen molar-refractivity contribution in [2.75, 3.05) is 65.8 Å². The molecule has 4 aromatic rings. The maximum Gasteiger partial charge on any atom is 0.422 e. The summed E-state index contributed by atoms with van der Waals surface area (Å²) >= 11 is 0. The average molecular weight is 1110 g/mol. The molecule has 0 atom stereocenters. The molecule has 10 rings (SSSR count). The maximum atomic E-state index is 13.0. The summed E-state index contributed by atoms with van der Waals surface area (Å²) in [6.07, 6.45) is 1.25. The Morgan fingerprint density at radius 1 is 0.461 bits per heavy atom. The van der Waals surface area contributed by atoms with Crippen LogP contribution in [0.1, 0.15) is 100 Å². The lowest BCUT2D eigenvalue weighted by Gasteiger charge is -2.41. The van der Waals surface area contributed by atoms with Crippen LogP contribution in [0.3, 0.4) is 0 Å². The smallest absolute Gasteiger partial charge is 0.422 e. The van der Waals surface area contributed by atoms with E-state index in [1.54, 1.807) is 36.4 Å². The van der Waals surface area contributed by atoms with Gasteiger partial charge in [0.05, 0.1) is 9.79 Å². The standard InChI is InChI=1S/2C27H33F3N2O5S/c2*28-27(29,30)18-37-24-4-2-1-3-23(24)19-11-13-32(14-12-19)21-7-5-20(6-8-21)31-38(33,34)22-9-10-25-26(17-22)36-16-15-35-25/h2*1-4,9-10,17,19-21,31H,5-8,11-16,18H2. The molecule has 4 aromatic carbocycles. The molecule has 2 saturated carbocycles. The normalized spacial score (nSPS) is 23.2. The first-order chi connectivity index (χ1) is 36.4. The van der Waals surface area contributed by atoms with Gasteiger partial charge in [-0.1, -0.05) is 36.4 Å². The zero-order chi connectivity index (χ0) is 53.5. The molecule has 6 aliphatic rings. The van der Waals surface area contributed by atoms with Crippen LogP contribution in [0.2, 0.25) is 0 Å². The average Bonchev–Trinajstić information content (AvgIpc) is 3.43. The van der Waals surface area contributed by atoms with Crippen LogP contribution >= 0.6 is 0 Å². The van der Waals surface area contributed by atoms with Crippen molar-refractivity contribution in [1.29, 1.82) is 0 Å². The molecule has 416 valence electrons. The van der Waals surface area contributed by atoms with Crippen LogP contribution in [0.5, 0.6) is 34.5 Å². The topological polar surface area (TPSA) is 154 Å². The van der Waals surface area contributed by atoms with Gasteiger partial charge in [-0.05, 0) is 163 Å². The maximum absolute atomic E-state index is 13.0. The van der Waals surface area contributed by atoms with Gasteiger partial charge in [-0.15, -0.1) is 0 Å². The summed E-state index contributed by atoms with van der Waals surface area (Å²) in [5.74, 6) is 2.94. The van der Waals surface area contributed by atoms with Crippen molar-refractivity contribution in [3.8, 4) is 34.5 Å². The second kappa shape index (κ2) is 24.3. The van der Waals surface area contributed by atoms with Crippen LogP contribution < -0.4 is 37.9 Å². The highest BCUT2D eigenvalue weighted by molar-refractivity contribution is 7.89. The summed E-state index contributed by atoms with van der Waals surface area (Å²) in [6, 6.07) is 23.9. The predicted octanol–water partition coefficient (Wildman–Crippen LogP) is 9.74. The van der Waals surface area contributed by atoms with E-state index in [0.29, 0.717) is 73.0 Å². The lowest BCUT2D eigenvalue weighted by atomic mass is 9.85. The van der Waals surface area contributed by atoms with Gasteiger partial charge in [0.1, 0.15) is 37.9 Å². The minimum absolute atomic E-state index is 0.125. The minimum Gasteiger partial charge on any atom is -0.486 e. The first-order valence-corrected chi connectivity index (χ1v) is 29.2. The molecule has 0 aromatic heterocycles. The quantitative estimate of drug-likeness (QED) is 0.116. The Kier molecular flexibility index (Phi) is 17.9. The number of alkyl halides is 6. The number of sulfonamides is 2. The third kappa shape index (κ3) is 14.8.